The molecule has 1 aliphatic heterocycles. The highest BCUT2D eigenvalue weighted by atomic mass is 35.5. The van der Waals surface area contributed by atoms with Crippen LogP contribution in [0.4, 0.5) is 5.69 Å². The summed E-state index contributed by atoms with van der Waals surface area (Å²) in [5.41, 5.74) is 2.62. The van der Waals surface area contributed by atoms with E-state index in [2.05, 4.69) is 10.6 Å². The third-order valence-electron chi connectivity index (χ3n) is 4.67. The molecule has 2 aliphatic rings. The fourth-order valence-corrected chi connectivity index (χ4v) is 4.01. The van der Waals surface area contributed by atoms with Gasteiger partial charge in [-0.3, -0.25) is 14.4 Å². The second-order valence-electron chi connectivity index (χ2n) is 6.36. The molecule has 2 N–H and O–H groups in total. The third-order valence-corrected chi connectivity index (χ3v) is 5.30. The summed E-state index contributed by atoms with van der Waals surface area (Å²) in [4.78, 5) is 37.6. The van der Waals surface area contributed by atoms with Gasteiger partial charge >= 0.3 is 0 Å². The van der Waals surface area contributed by atoms with Crippen LogP contribution in [-0.2, 0) is 4.79 Å². The van der Waals surface area contributed by atoms with Crippen molar-refractivity contribution < 1.29 is 14.4 Å². The fourth-order valence-electron chi connectivity index (χ4n) is 3.44. The van der Waals surface area contributed by atoms with E-state index in [0.717, 1.165) is 0 Å². The van der Waals surface area contributed by atoms with E-state index in [4.69, 9.17) is 23.2 Å². The number of Topliss-reactive ketones (excluding diaryl/α,β-unsaturated/α-hetero) is 1. The summed E-state index contributed by atoms with van der Waals surface area (Å²) < 4.78 is 0. The number of rotatable bonds is 2. The number of fused-ring (bicyclic) bond motifs is 2. The van der Waals surface area contributed by atoms with Gasteiger partial charge in [-0.2, -0.15) is 0 Å². The van der Waals surface area contributed by atoms with Crippen LogP contribution in [-0.4, -0.2) is 17.6 Å². The molecule has 27 heavy (non-hydrogen) atoms. The Balaban J connectivity index is 1.73. The van der Waals surface area contributed by atoms with E-state index in [1.165, 1.54) is 0 Å². The normalized spacial score (nSPS) is 15.8. The van der Waals surface area contributed by atoms with Crippen molar-refractivity contribution >= 4 is 52.2 Å². The number of benzene rings is 2. The van der Waals surface area contributed by atoms with Gasteiger partial charge in [0, 0.05) is 17.6 Å². The van der Waals surface area contributed by atoms with Crippen LogP contribution in [0.2, 0.25) is 10.0 Å². The van der Waals surface area contributed by atoms with E-state index in [0.29, 0.717) is 47.3 Å². The van der Waals surface area contributed by atoms with Crippen LogP contribution >= 0.6 is 23.2 Å². The van der Waals surface area contributed by atoms with E-state index in [1.807, 2.05) is 0 Å². The van der Waals surface area contributed by atoms with Gasteiger partial charge in [0.05, 0.1) is 32.6 Å². The van der Waals surface area contributed by atoms with Crippen molar-refractivity contribution in [2.24, 2.45) is 0 Å². The predicted octanol–water partition coefficient (Wildman–Crippen LogP) is 4.45. The van der Waals surface area contributed by atoms with Gasteiger partial charge in [-0.05, 0) is 31.0 Å². The zero-order valence-corrected chi connectivity index (χ0v) is 15.6. The molecular weight excluding hydrogens is 387 g/mol. The summed E-state index contributed by atoms with van der Waals surface area (Å²) in [7, 11) is 0. The smallest absolute Gasteiger partial charge is 0.258 e. The second-order valence-corrected chi connectivity index (χ2v) is 7.18. The SMILES string of the molecule is O=C1CCCC2=C(N1)c1cccc(NC(=O)c3c(Cl)cccc3Cl)c1C2=O. The molecule has 2 amide bonds. The van der Waals surface area contributed by atoms with Crippen LogP contribution in [0.5, 0.6) is 0 Å². The molecule has 1 heterocycles. The second kappa shape index (κ2) is 6.83. The first-order valence-electron chi connectivity index (χ1n) is 8.44. The first kappa shape index (κ1) is 17.8. The van der Waals surface area contributed by atoms with E-state index in [9.17, 15) is 14.4 Å². The molecule has 0 fully saturated rings. The number of nitrogens with one attached hydrogen (secondary N) is 2. The lowest BCUT2D eigenvalue weighted by Gasteiger charge is -2.13. The number of hydrogen-bond donors (Lipinski definition) is 2. The molecular formula is C20H14Cl2N2O3. The Morgan fingerprint density at radius 3 is 2.44 bits per heavy atom. The van der Waals surface area contributed by atoms with Gasteiger partial charge in [-0.25, -0.2) is 0 Å². The molecule has 0 saturated heterocycles. The monoisotopic (exact) mass is 400 g/mol. The Bertz CT molecular complexity index is 1020. The zero-order chi connectivity index (χ0) is 19.1. The quantitative estimate of drug-likeness (QED) is 0.781. The van der Waals surface area contributed by atoms with Crippen LogP contribution in [0.1, 0.15) is 45.5 Å². The highest BCUT2D eigenvalue weighted by Gasteiger charge is 2.34. The highest BCUT2D eigenvalue weighted by molar-refractivity contribution is 6.40. The number of carbonyl (C=O) groups is 3. The third kappa shape index (κ3) is 3.03. The number of anilines is 1. The van der Waals surface area contributed by atoms with Gasteiger partial charge in [-0.1, -0.05) is 41.4 Å². The molecule has 0 bridgehead atoms. The van der Waals surface area contributed by atoms with Gasteiger partial charge in [-0.15, -0.1) is 0 Å². The highest BCUT2D eigenvalue weighted by Crippen LogP contribution is 2.39. The van der Waals surface area contributed by atoms with Crippen LogP contribution in [0.15, 0.2) is 42.0 Å². The van der Waals surface area contributed by atoms with E-state index >= 15 is 0 Å². The number of ketones is 1. The Morgan fingerprint density at radius 2 is 1.70 bits per heavy atom. The minimum absolute atomic E-state index is 0.113. The summed E-state index contributed by atoms with van der Waals surface area (Å²) >= 11 is 12.2. The van der Waals surface area contributed by atoms with Gasteiger partial charge in [0.15, 0.2) is 5.78 Å². The first-order valence-corrected chi connectivity index (χ1v) is 9.19. The molecule has 0 radical (unpaired) electrons. The minimum Gasteiger partial charge on any atom is -0.325 e. The van der Waals surface area contributed by atoms with Crippen molar-refractivity contribution in [3.05, 3.63) is 68.7 Å². The molecule has 4 rings (SSSR count). The Labute approximate surface area is 165 Å². The molecule has 0 spiro atoms. The van der Waals surface area contributed by atoms with Gasteiger partial charge < -0.3 is 10.6 Å². The maximum absolute atomic E-state index is 13.0. The number of carbonyl (C=O) groups excluding carboxylic acids is 3. The Morgan fingerprint density at radius 1 is 1.00 bits per heavy atom. The largest absolute Gasteiger partial charge is 0.325 e. The summed E-state index contributed by atoms with van der Waals surface area (Å²) in [6, 6.07) is 9.93. The molecule has 0 unspecified atom stereocenters. The van der Waals surface area contributed by atoms with E-state index in [-0.39, 0.29) is 27.3 Å². The van der Waals surface area contributed by atoms with Crippen LogP contribution in [0.3, 0.4) is 0 Å². The molecule has 0 saturated carbocycles. The summed E-state index contributed by atoms with van der Waals surface area (Å²) in [6.45, 7) is 0. The minimum atomic E-state index is -0.502. The van der Waals surface area contributed by atoms with Crippen LogP contribution in [0, 0.1) is 0 Å². The van der Waals surface area contributed by atoms with E-state index in [1.54, 1.807) is 36.4 Å². The molecule has 2 aromatic rings. The molecule has 5 nitrogen and oxygen atoms in total. The molecule has 2 aromatic carbocycles. The van der Waals surface area contributed by atoms with Crippen LogP contribution < -0.4 is 10.6 Å². The molecule has 0 atom stereocenters. The predicted molar refractivity (Wildman–Crippen MR) is 104 cm³/mol. The number of halogens is 2. The van der Waals surface area contributed by atoms with Crippen molar-refractivity contribution in [1.82, 2.24) is 5.32 Å². The topological polar surface area (TPSA) is 75.3 Å². The lowest BCUT2D eigenvalue weighted by atomic mass is 10.0. The van der Waals surface area contributed by atoms with Crippen molar-refractivity contribution in [2.75, 3.05) is 5.32 Å². The number of allylic oxidation sites excluding steroid dienone is 1. The van der Waals surface area contributed by atoms with Crippen LogP contribution in [0.25, 0.3) is 5.70 Å². The summed E-state index contributed by atoms with van der Waals surface area (Å²) in [6.07, 6.45) is 1.52. The molecule has 1 aliphatic carbocycles. The zero-order valence-electron chi connectivity index (χ0n) is 14.1. The summed E-state index contributed by atoms with van der Waals surface area (Å²) in [5.74, 6) is -0.792. The maximum atomic E-state index is 13.0. The average Bonchev–Trinajstić information content (AvgIpc) is 2.77. The standard InChI is InChI=1S/C20H14Cl2N2O3/c21-12-6-3-7-13(22)17(12)20(27)23-14-8-1-4-10-16(14)19(26)11-5-2-9-15(25)24-18(10)11/h1,3-4,6-8H,2,5,9H2,(H,23,27)(H,24,25). The first-order chi connectivity index (χ1) is 13.0. The number of hydrogen-bond acceptors (Lipinski definition) is 3. The fraction of sp³-hybridized carbons (Fsp3) is 0.150. The molecule has 7 heteroatoms. The molecule has 0 aromatic heterocycles. The average molecular weight is 401 g/mol. The number of amides is 2. The van der Waals surface area contributed by atoms with Crippen molar-refractivity contribution in [1.29, 1.82) is 0 Å². The Kier molecular flexibility index (Phi) is 4.50. The Hall–Kier alpha value is -2.63. The molecule has 136 valence electrons. The lowest BCUT2D eigenvalue weighted by molar-refractivity contribution is -0.119. The maximum Gasteiger partial charge on any atom is 0.258 e. The summed E-state index contributed by atoms with van der Waals surface area (Å²) in [5, 5.41) is 6.01. The van der Waals surface area contributed by atoms with Gasteiger partial charge in [0.2, 0.25) is 5.91 Å². The lowest BCUT2D eigenvalue weighted by Crippen LogP contribution is -2.20. The van der Waals surface area contributed by atoms with Crippen molar-refractivity contribution in [2.45, 2.75) is 19.3 Å². The van der Waals surface area contributed by atoms with Crippen molar-refractivity contribution in [3.8, 4) is 0 Å². The van der Waals surface area contributed by atoms with E-state index < -0.39 is 5.91 Å². The van der Waals surface area contributed by atoms with Gasteiger partial charge in [0.1, 0.15) is 0 Å². The van der Waals surface area contributed by atoms with Gasteiger partial charge in [0.25, 0.3) is 5.91 Å². The van der Waals surface area contributed by atoms with Crippen molar-refractivity contribution in [3.63, 3.8) is 0 Å².